The fraction of sp³-hybridized carbons (Fsp3) is 0.417. The molecule has 3 nitrogen and oxygen atoms in total. The maximum Gasteiger partial charge on any atom is 0.231 e. The van der Waals surface area contributed by atoms with E-state index in [1.165, 1.54) is 5.56 Å². The summed E-state index contributed by atoms with van der Waals surface area (Å²) in [5.41, 5.74) is 9.42. The lowest BCUT2D eigenvalue weighted by molar-refractivity contribution is -0.117. The third kappa shape index (κ3) is 1.13. The molecule has 1 aliphatic carbocycles. The molecule has 78 valence electrons. The maximum atomic E-state index is 11.6. The number of amides is 1. The number of rotatable bonds is 1. The Hall–Kier alpha value is -1.35. The predicted molar refractivity (Wildman–Crippen MR) is 58.7 cm³/mol. The lowest BCUT2D eigenvalue weighted by Crippen LogP contribution is -2.20. The standard InChI is InChI=1S/C12H14N2O/c1-14-10-4-2-3-9(12(13)5-6-12)8(10)7-11(14)15/h2-4H,5-7,13H2,1H3. The van der Waals surface area contributed by atoms with Gasteiger partial charge in [-0.2, -0.15) is 0 Å². The molecule has 0 spiro atoms. The number of nitrogens with zero attached hydrogens (tertiary/aromatic N) is 1. The summed E-state index contributed by atoms with van der Waals surface area (Å²) in [6.07, 6.45) is 2.60. The minimum absolute atomic E-state index is 0.142. The van der Waals surface area contributed by atoms with Crippen molar-refractivity contribution in [1.82, 2.24) is 0 Å². The molecular weight excluding hydrogens is 188 g/mol. The second-order valence-electron chi connectivity index (χ2n) is 4.59. The Bertz CT molecular complexity index is 449. The summed E-state index contributed by atoms with van der Waals surface area (Å²) in [4.78, 5) is 13.3. The van der Waals surface area contributed by atoms with Crippen LogP contribution in [0.5, 0.6) is 0 Å². The highest BCUT2D eigenvalue weighted by Crippen LogP contribution is 2.47. The number of hydrogen-bond donors (Lipinski definition) is 1. The summed E-state index contributed by atoms with van der Waals surface area (Å²) in [6, 6.07) is 6.06. The number of likely N-dealkylation sites (N-methyl/N-ethyl adjacent to an activating group) is 1. The summed E-state index contributed by atoms with van der Waals surface area (Å²) in [7, 11) is 1.83. The van der Waals surface area contributed by atoms with Crippen molar-refractivity contribution in [2.24, 2.45) is 5.73 Å². The van der Waals surface area contributed by atoms with E-state index < -0.39 is 0 Å². The highest BCUT2D eigenvalue weighted by molar-refractivity contribution is 6.01. The van der Waals surface area contributed by atoms with Gasteiger partial charge in [-0.3, -0.25) is 4.79 Å². The number of hydrogen-bond acceptors (Lipinski definition) is 2. The topological polar surface area (TPSA) is 46.3 Å². The molecule has 1 aliphatic heterocycles. The number of nitrogens with two attached hydrogens (primary N) is 1. The third-order valence-electron chi connectivity index (χ3n) is 3.54. The summed E-state index contributed by atoms with van der Waals surface area (Å²) in [5, 5.41) is 0. The lowest BCUT2D eigenvalue weighted by Gasteiger charge is -2.15. The molecule has 2 aliphatic rings. The van der Waals surface area contributed by atoms with E-state index in [0.717, 1.165) is 24.1 Å². The summed E-state index contributed by atoms with van der Waals surface area (Å²) < 4.78 is 0. The van der Waals surface area contributed by atoms with Crippen molar-refractivity contribution in [3.63, 3.8) is 0 Å². The van der Waals surface area contributed by atoms with Gasteiger partial charge in [0.25, 0.3) is 0 Å². The average Bonchev–Trinajstić information content (AvgIpc) is 2.90. The molecule has 1 saturated carbocycles. The zero-order valence-corrected chi connectivity index (χ0v) is 8.79. The van der Waals surface area contributed by atoms with Crippen molar-refractivity contribution in [2.45, 2.75) is 24.8 Å². The minimum Gasteiger partial charge on any atom is -0.321 e. The van der Waals surface area contributed by atoms with E-state index in [9.17, 15) is 4.79 Å². The summed E-state index contributed by atoms with van der Waals surface area (Å²) in [5.74, 6) is 0.168. The van der Waals surface area contributed by atoms with Crippen LogP contribution in [-0.2, 0) is 16.8 Å². The van der Waals surface area contributed by atoms with Gasteiger partial charge in [0.1, 0.15) is 0 Å². The van der Waals surface area contributed by atoms with Crippen LogP contribution in [0.1, 0.15) is 24.0 Å². The number of anilines is 1. The fourth-order valence-corrected chi connectivity index (χ4v) is 2.35. The smallest absolute Gasteiger partial charge is 0.231 e. The van der Waals surface area contributed by atoms with E-state index in [1.807, 2.05) is 19.2 Å². The van der Waals surface area contributed by atoms with Crippen molar-refractivity contribution >= 4 is 11.6 Å². The molecule has 0 radical (unpaired) electrons. The van der Waals surface area contributed by atoms with E-state index in [2.05, 4.69) is 6.07 Å². The second kappa shape index (κ2) is 2.61. The SMILES string of the molecule is CN1C(=O)Cc2c1cccc2C1(N)CC1. The van der Waals surface area contributed by atoms with Gasteiger partial charge in [0.15, 0.2) is 0 Å². The average molecular weight is 202 g/mol. The van der Waals surface area contributed by atoms with E-state index in [1.54, 1.807) is 4.90 Å². The van der Waals surface area contributed by atoms with Crippen LogP contribution in [0.15, 0.2) is 18.2 Å². The first-order chi connectivity index (χ1) is 7.12. The molecule has 2 N–H and O–H groups in total. The Kier molecular flexibility index (Phi) is 1.55. The molecule has 1 aromatic carbocycles. The minimum atomic E-state index is -0.142. The molecule has 0 saturated heterocycles. The van der Waals surface area contributed by atoms with Crippen molar-refractivity contribution in [2.75, 3.05) is 11.9 Å². The molecule has 1 aromatic rings. The lowest BCUT2D eigenvalue weighted by atomic mass is 9.97. The normalized spacial score (nSPS) is 21.7. The van der Waals surface area contributed by atoms with Crippen LogP contribution < -0.4 is 10.6 Å². The second-order valence-corrected chi connectivity index (χ2v) is 4.59. The fourth-order valence-electron chi connectivity index (χ4n) is 2.35. The zero-order chi connectivity index (χ0) is 10.6. The van der Waals surface area contributed by atoms with Crippen molar-refractivity contribution < 1.29 is 4.79 Å². The Morgan fingerprint density at radius 2 is 2.13 bits per heavy atom. The highest BCUT2D eigenvalue weighted by atomic mass is 16.2. The Morgan fingerprint density at radius 3 is 2.80 bits per heavy atom. The van der Waals surface area contributed by atoms with Gasteiger partial charge in [0.05, 0.1) is 6.42 Å². The van der Waals surface area contributed by atoms with Crippen molar-refractivity contribution in [3.05, 3.63) is 29.3 Å². The first-order valence-electron chi connectivity index (χ1n) is 5.30. The predicted octanol–water partition coefficient (Wildman–Crippen LogP) is 1.15. The molecule has 0 unspecified atom stereocenters. The van der Waals surface area contributed by atoms with Gasteiger partial charge in [0.2, 0.25) is 5.91 Å². The summed E-state index contributed by atoms with van der Waals surface area (Å²) >= 11 is 0. The molecule has 15 heavy (non-hydrogen) atoms. The van der Waals surface area contributed by atoms with E-state index in [-0.39, 0.29) is 11.4 Å². The van der Waals surface area contributed by atoms with Gasteiger partial charge < -0.3 is 10.6 Å². The monoisotopic (exact) mass is 202 g/mol. The molecule has 1 amide bonds. The molecule has 0 atom stereocenters. The van der Waals surface area contributed by atoms with Crippen LogP contribution in [0.4, 0.5) is 5.69 Å². The Balaban J connectivity index is 2.16. The van der Waals surface area contributed by atoms with Crippen LogP contribution in [-0.4, -0.2) is 13.0 Å². The zero-order valence-electron chi connectivity index (χ0n) is 8.79. The first-order valence-corrected chi connectivity index (χ1v) is 5.30. The molecule has 1 heterocycles. The van der Waals surface area contributed by atoms with Gasteiger partial charge in [-0.1, -0.05) is 12.1 Å². The van der Waals surface area contributed by atoms with Crippen LogP contribution in [0.25, 0.3) is 0 Å². The van der Waals surface area contributed by atoms with E-state index in [4.69, 9.17) is 5.73 Å². The van der Waals surface area contributed by atoms with E-state index >= 15 is 0 Å². The molecule has 3 heteroatoms. The van der Waals surface area contributed by atoms with Crippen LogP contribution in [0, 0.1) is 0 Å². The first kappa shape index (κ1) is 8.92. The van der Waals surface area contributed by atoms with Crippen LogP contribution in [0.2, 0.25) is 0 Å². The molecule has 1 fully saturated rings. The largest absolute Gasteiger partial charge is 0.321 e. The third-order valence-corrected chi connectivity index (χ3v) is 3.54. The Morgan fingerprint density at radius 1 is 1.40 bits per heavy atom. The molecule has 0 bridgehead atoms. The van der Waals surface area contributed by atoms with Crippen molar-refractivity contribution in [3.8, 4) is 0 Å². The van der Waals surface area contributed by atoms with Gasteiger partial charge in [-0.15, -0.1) is 0 Å². The van der Waals surface area contributed by atoms with Gasteiger partial charge in [-0.25, -0.2) is 0 Å². The van der Waals surface area contributed by atoms with E-state index in [0.29, 0.717) is 6.42 Å². The van der Waals surface area contributed by atoms with Crippen LogP contribution in [0.3, 0.4) is 0 Å². The Labute approximate surface area is 88.9 Å². The quantitative estimate of drug-likeness (QED) is 0.742. The number of fused-ring (bicyclic) bond motifs is 1. The maximum absolute atomic E-state index is 11.6. The number of carbonyl (C=O) groups excluding carboxylic acids is 1. The highest BCUT2D eigenvalue weighted by Gasteiger charge is 2.43. The van der Waals surface area contributed by atoms with Gasteiger partial charge in [0, 0.05) is 18.3 Å². The number of carbonyl (C=O) groups is 1. The number of benzene rings is 1. The van der Waals surface area contributed by atoms with Crippen molar-refractivity contribution in [1.29, 1.82) is 0 Å². The van der Waals surface area contributed by atoms with Crippen LogP contribution >= 0.6 is 0 Å². The van der Waals surface area contributed by atoms with Gasteiger partial charge in [-0.05, 0) is 30.0 Å². The summed E-state index contributed by atoms with van der Waals surface area (Å²) in [6.45, 7) is 0. The molecule has 3 rings (SSSR count). The van der Waals surface area contributed by atoms with Gasteiger partial charge >= 0.3 is 0 Å². The molecular formula is C12H14N2O. The molecule has 0 aromatic heterocycles.